The highest BCUT2D eigenvalue weighted by molar-refractivity contribution is 5.37. The summed E-state index contributed by atoms with van der Waals surface area (Å²) >= 11 is 0. The van der Waals surface area contributed by atoms with Crippen LogP contribution in [0.1, 0.15) is 22.3 Å². The minimum absolute atomic E-state index is 0.101. The standard InChI is InChI=1S/C34H34O5/c35-24-31-33(37,22-27-15-7-2-8-16-27)34(23-28-17-9-3-10-18-28,38-25-29-19-11-4-12-20-29)32(36)30(39-31)21-26-13-5-1-6-14-26/h1-20,31,35-37H,21-25H2/t31-,33-,34-/m1/s1. The zero-order valence-electron chi connectivity index (χ0n) is 21.8. The Morgan fingerprint density at radius 2 is 1.10 bits per heavy atom. The molecule has 200 valence electrons. The Bertz CT molecular complexity index is 1360. The summed E-state index contributed by atoms with van der Waals surface area (Å²) in [5, 5.41) is 35.4. The van der Waals surface area contributed by atoms with Crippen molar-refractivity contribution < 1.29 is 24.8 Å². The first-order valence-corrected chi connectivity index (χ1v) is 13.3. The molecule has 1 aliphatic heterocycles. The molecule has 0 fully saturated rings. The van der Waals surface area contributed by atoms with Gasteiger partial charge < -0.3 is 24.8 Å². The number of ether oxygens (including phenoxy) is 2. The SMILES string of the molecule is OC[C@H]1OC(Cc2ccccc2)=C(O)[C@@](Cc2ccccc2)(OCc2ccccc2)[C@@]1(O)Cc1ccccc1. The maximum Gasteiger partial charge on any atom is 0.166 e. The van der Waals surface area contributed by atoms with E-state index < -0.39 is 23.9 Å². The van der Waals surface area contributed by atoms with Crippen molar-refractivity contribution in [3.05, 3.63) is 155 Å². The van der Waals surface area contributed by atoms with Crippen LogP contribution in [0, 0.1) is 0 Å². The topological polar surface area (TPSA) is 79.2 Å². The molecule has 0 saturated heterocycles. The summed E-state index contributed by atoms with van der Waals surface area (Å²) in [5.41, 5.74) is 0.120. The largest absolute Gasteiger partial charge is 0.506 e. The van der Waals surface area contributed by atoms with Crippen LogP contribution in [0.2, 0.25) is 0 Å². The Morgan fingerprint density at radius 1 is 0.641 bits per heavy atom. The van der Waals surface area contributed by atoms with Crippen molar-refractivity contribution in [2.75, 3.05) is 6.61 Å². The van der Waals surface area contributed by atoms with Crippen molar-refractivity contribution in [1.29, 1.82) is 0 Å². The lowest BCUT2D eigenvalue weighted by Gasteiger charge is -2.53. The van der Waals surface area contributed by atoms with Gasteiger partial charge in [-0.25, -0.2) is 0 Å². The number of benzene rings is 4. The van der Waals surface area contributed by atoms with Crippen molar-refractivity contribution in [1.82, 2.24) is 0 Å². The monoisotopic (exact) mass is 522 g/mol. The maximum absolute atomic E-state index is 12.7. The van der Waals surface area contributed by atoms with Gasteiger partial charge in [-0.3, -0.25) is 0 Å². The van der Waals surface area contributed by atoms with Crippen LogP contribution in [0.3, 0.4) is 0 Å². The van der Waals surface area contributed by atoms with Crippen LogP contribution in [-0.2, 0) is 35.3 Å². The smallest absolute Gasteiger partial charge is 0.166 e. The lowest BCUT2D eigenvalue weighted by molar-refractivity contribution is -0.251. The molecule has 0 radical (unpaired) electrons. The minimum Gasteiger partial charge on any atom is -0.506 e. The van der Waals surface area contributed by atoms with E-state index in [9.17, 15) is 15.3 Å². The molecule has 0 aromatic heterocycles. The predicted octanol–water partition coefficient (Wildman–Crippen LogP) is 5.56. The van der Waals surface area contributed by atoms with Crippen molar-refractivity contribution in [2.24, 2.45) is 0 Å². The van der Waals surface area contributed by atoms with E-state index in [2.05, 4.69) is 0 Å². The molecule has 1 aliphatic rings. The van der Waals surface area contributed by atoms with Crippen LogP contribution in [0.4, 0.5) is 0 Å². The first-order chi connectivity index (χ1) is 19.0. The second kappa shape index (κ2) is 11.9. The summed E-state index contributed by atoms with van der Waals surface area (Å²) in [4.78, 5) is 0. The van der Waals surface area contributed by atoms with E-state index in [1.54, 1.807) is 0 Å². The van der Waals surface area contributed by atoms with Gasteiger partial charge in [-0.05, 0) is 22.3 Å². The van der Waals surface area contributed by atoms with E-state index in [0.717, 1.165) is 22.3 Å². The summed E-state index contributed by atoms with van der Waals surface area (Å²) in [7, 11) is 0. The zero-order valence-corrected chi connectivity index (χ0v) is 21.8. The van der Waals surface area contributed by atoms with Crippen molar-refractivity contribution in [2.45, 2.75) is 43.2 Å². The Kier molecular flexibility index (Phi) is 8.13. The molecule has 0 unspecified atom stereocenters. The van der Waals surface area contributed by atoms with E-state index in [1.807, 2.05) is 121 Å². The zero-order chi connectivity index (χ0) is 27.1. The minimum atomic E-state index is -1.81. The number of aliphatic hydroxyl groups is 3. The molecule has 0 bridgehead atoms. The summed E-state index contributed by atoms with van der Waals surface area (Å²) in [6.07, 6.45) is -0.487. The van der Waals surface area contributed by atoms with Crippen LogP contribution in [-0.4, -0.2) is 39.2 Å². The molecule has 3 atom stereocenters. The van der Waals surface area contributed by atoms with Crippen molar-refractivity contribution in [3.8, 4) is 0 Å². The van der Waals surface area contributed by atoms with Crippen molar-refractivity contribution >= 4 is 0 Å². The fraction of sp³-hybridized carbons (Fsp3) is 0.235. The molecule has 5 nitrogen and oxygen atoms in total. The van der Waals surface area contributed by atoms with Gasteiger partial charge in [-0.15, -0.1) is 0 Å². The van der Waals surface area contributed by atoms with E-state index >= 15 is 0 Å². The Morgan fingerprint density at radius 3 is 1.62 bits per heavy atom. The van der Waals surface area contributed by atoms with E-state index in [1.165, 1.54) is 0 Å². The molecule has 39 heavy (non-hydrogen) atoms. The molecule has 0 spiro atoms. The molecule has 4 aromatic rings. The highest BCUT2D eigenvalue weighted by atomic mass is 16.6. The van der Waals surface area contributed by atoms with Gasteiger partial charge >= 0.3 is 0 Å². The molecule has 0 saturated carbocycles. The fourth-order valence-corrected chi connectivity index (χ4v) is 5.42. The van der Waals surface area contributed by atoms with Crippen LogP contribution in [0.15, 0.2) is 133 Å². The van der Waals surface area contributed by atoms with Gasteiger partial charge in [0.2, 0.25) is 0 Å². The molecule has 0 aliphatic carbocycles. The molecular formula is C34H34O5. The molecule has 0 amide bonds. The molecule has 5 rings (SSSR count). The summed E-state index contributed by atoms with van der Waals surface area (Å²) in [6.45, 7) is -0.314. The quantitative estimate of drug-likeness (QED) is 0.254. The van der Waals surface area contributed by atoms with Gasteiger partial charge in [0, 0.05) is 19.3 Å². The average molecular weight is 523 g/mol. The first-order valence-electron chi connectivity index (χ1n) is 13.3. The third-order valence-electron chi connectivity index (χ3n) is 7.48. The van der Waals surface area contributed by atoms with Gasteiger partial charge in [-0.1, -0.05) is 121 Å². The average Bonchev–Trinajstić information content (AvgIpc) is 2.98. The third-order valence-corrected chi connectivity index (χ3v) is 7.48. The molecular weight excluding hydrogens is 488 g/mol. The second-order valence-electron chi connectivity index (χ2n) is 10.1. The highest BCUT2D eigenvalue weighted by Crippen LogP contribution is 2.47. The van der Waals surface area contributed by atoms with Gasteiger partial charge in [0.25, 0.3) is 0 Å². The molecule has 4 aromatic carbocycles. The summed E-state index contributed by atoms with van der Waals surface area (Å²) in [6, 6.07) is 38.6. The second-order valence-corrected chi connectivity index (χ2v) is 10.1. The normalized spacial score (nSPS) is 22.9. The predicted molar refractivity (Wildman–Crippen MR) is 151 cm³/mol. The summed E-state index contributed by atoms with van der Waals surface area (Å²) in [5.74, 6) is 0.122. The van der Waals surface area contributed by atoms with Crippen molar-refractivity contribution in [3.63, 3.8) is 0 Å². The van der Waals surface area contributed by atoms with Crippen LogP contribution >= 0.6 is 0 Å². The lowest BCUT2D eigenvalue weighted by atomic mass is 9.68. The lowest BCUT2D eigenvalue weighted by Crippen LogP contribution is -2.69. The Hall–Kier alpha value is -3.90. The van der Waals surface area contributed by atoms with Gasteiger partial charge in [0.15, 0.2) is 17.5 Å². The van der Waals surface area contributed by atoms with Gasteiger partial charge in [-0.2, -0.15) is 0 Å². The van der Waals surface area contributed by atoms with Crippen LogP contribution in [0.25, 0.3) is 0 Å². The number of hydrogen-bond acceptors (Lipinski definition) is 5. The molecule has 5 heteroatoms. The summed E-state index contributed by atoms with van der Waals surface area (Å²) < 4.78 is 12.9. The van der Waals surface area contributed by atoms with E-state index in [-0.39, 0.29) is 37.4 Å². The molecule has 1 heterocycles. The van der Waals surface area contributed by atoms with E-state index in [4.69, 9.17) is 9.47 Å². The number of hydrogen-bond donors (Lipinski definition) is 3. The fourth-order valence-electron chi connectivity index (χ4n) is 5.42. The molecule has 3 N–H and O–H groups in total. The van der Waals surface area contributed by atoms with Gasteiger partial charge in [0.05, 0.1) is 13.2 Å². The Labute approximate surface area is 229 Å². The Balaban J connectivity index is 1.68. The third kappa shape index (κ3) is 5.62. The number of aliphatic hydroxyl groups excluding tert-OH is 2. The number of allylic oxidation sites excluding steroid dienone is 1. The van der Waals surface area contributed by atoms with E-state index in [0.29, 0.717) is 0 Å². The first kappa shape index (κ1) is 26.7. The highest BCUT2D eigenvalue weighted by Gasteiger charge is 2.63. The van der Waals surface area contributed by atoms with Gasteiger partial charge in [0.1, 0.15) is 11.4 Å². The number of rotatable bonds is 10. The maximum atomic E-state index is 12.7. The van der Waals surface area contributed by atoms with Crippen LogP contribution < -0.4 is 0 Å². The van der Waals surface area contributed by atoms with Crippen LogP contribution in [0.5, 0.6) is 0 Å².